The summed E-state index contributed by atoms with van der Waals surface area (Å²) in [6, 6.07) is 0.293. The summed E-state index contributed by atoms with van der Waals surface area (Å²) in [5.41, 5.74) is 0.496. The lowest BCUT2D eigenvalue weighted by Gasteiger charge is -2.38. The molecule has 1 saturated heterocycles. The van der Waals surface area contributed by atoms with Gasteiger partial charge in [-0.25, -0.2) is 0 Å². The summed E-state index contributed by atoms with van der Waals surface area (Å²) in [7, 11) is 0. The number of hydrogen-bond acceptors (Lipinski definition) is 4. The smallest absolute Gasteiger partial charge is 0.220 e. The van der Waals surface area contributed by atoms with Gasteiger partial charge in [-0.05, 0) is 24.7 Å². The number of carbonyl (C=O) groups excluding carboxylic acids is 1. The summed E-state index contributed by atoms with van der Waals surface area (Å²) >= 11 is 1.88. The number of thioether (sulfide) groups is 1. The van der Waals surface area contributed by atoms with E-state index in [1.807, 2.05) is 11.8 Å². The summed E-state index contributed by atoms with van der Waals surface area (Å²) in [6.45, 7) is 1.82. The van der Waals surface area contributed by atoms with Crippen LogP contribution in [0.1, 0.15) is 44.9 Å². The number of aliphatic imine (C=N–C) groups is 1. The Labute approximate surface area is 119 Å². The van der Waals surface area contributed by atoms with Crippen molar-refractivity contribution in [2.24, 2.45) is 10.4 Å². The maximum absolute atomic E-state index is 11.1. The molecule has 1 spiro atoms. The first-order valence-corrected chi connectivity index (χ1v) is 8.45. The molecule has 1 saturated carbocycles. The summed E-state index contributed by atoms with van der Waals surface area (Å²) in [5.74, 6) is 1.40. The third kappa shape index (κ3) is 3.25. The van der Waals surface area contributed by atoms with Crippen LogP contribution in [-0.4, -0.2) is 36.0 Å². The number of hydrogen-bond donors (Lipinski definition) is 2. The molecule has 2 aliphatic heterocycles. The molecule has 19 heavy (non-hydrogen) atoms. The normalized spacial score (nSPS) is 30.0. The highest BCUT2D eigenvalue weighted by Gasteiger charge is 2.35. The van der Waals surface area contributed by atoms with Crippen LogP contribution in [0.3, 0.4) is 0 Å². The Balaban J connectivity index is 1.46. The number of amidine groups is 1. The molecule has 1 amide bonds. The summed E-state index contributed by atoms with van der Waals surface area (Å²) in [5, 5.41) is 7.47. The highest BCUT2D eigenvalue weighted by molar-refractivity contribution is 8.13. The van der Waals surface area contributed by atoms with Gasteiger partial charge < -0.3 is 10.6 Å². The number of carbonyl (C=O) groups is 1. The highest BCUT2D eigenvalue weighted by atomic mass is 32.2. The summed E-state index contributed by atoms with van der Waals surface area (Å²) in [4.78, 5) is 15.9. The maximum Gasteiger partial charge on any atom is 0.220 e. The van der Waals surface area contributed by atoms with Crippen LogP contribution >= 0.6 is 11.8 Å². The van der Waals surface area contributed by atoms with Crippen molar-refractivity contribution in [2.45, 2.75) is 51.0 Å². The van der Waals surface area contributed by atoms with Crippen molar-refractivity contribution in [2.75, 3.05) is 18.8 Å². The SMILES string of the molecule is O=C1CCC(CNC2=NCC3(CCCCC3)CS2)N1. The number of nitrogens with one attached hydrogen (secondary N) is 2. The first-order chi connectivity index (χ1) is 9.26. The van der Waals surface area contributed by atoms with Gasteiger partial charge in [0.15, 0.2) is 5.17 Å². The van der Waals surface area contributed by atoms with E-state index in [2.05, 4.69) is 10.6 Å². The second-order valence-corrected chi connectivity index (χ2v) is 7.12. The fourth-order valence-corrected chi connectivity index (χ4v) is 4.47. The molecule has 3 aliphatic rings. The molecule has 0 aromatic heterocycles. The molecule has 0 aromatic rings. The van der Waals surface area contributed by atoms with Crippen LogP contribution in [0.4, 0.5) is 0 Å². The maximum atomic E-state index is 11.1. The summed E-state index contributed by atoms with van der Waals surface area (Å²) < 4.78 is 0. The van der Waals surface area contributed by atoms with Gasteiger partial charge in [0.1, 0.15) is 0 Å². The molecule has 0 radical (unpaired) electrons. The van der Waals surface area contributed by atoms with Crippen molar-refractivity contribution in [3.05, 3.63) is 0 Å². The molecule has 2 N–H and O–H groups in total. The molecule has 0 bridgehead atoms. The van der Waals surface area contributed by atoms with Crippen molar-refractivity contribution in [1.82, 2.24) is 10.6 Å². The molecule has 4 nitrogen and oxygen atoms in total. The minimum absolute atomic E-state index is 0.186. The minimum atomic E-state index is 0.186. The van der Waals surface area contributed by atoms with Crippen LogP contribution < -0.4 is 10.6 Å². The summed E-state index contributed by atoms with van der Waals surface area (Å²) in [6.07, 6.45) is 8.51. The quantitative estimate of drug-likeness (QED) is 0.813. The Morgan fingerprint density at radius 3 is 2.84 bits per heavy atom. The molecule has 1 aliphatic carbocycles. The largest absolute Gasteiger partial charge is 0.363 e. The van der Waals surface area contributed by atoms with Crippen LogP contribution in [0.15, 0.2) is 4.99 Å². The third-order valence-electron chi connectivity index (χ3n) is 4.57. The van der Waals surface area contributed by atoms with Crippen molar-refractivity contribution in [3.8, 4) is 0 Å². The first-order valence-electron chi connectivity index (χ1n) is 7.46. The average Bonchev–Trinajstić information content (AvgIpc) is 2.85. The van der Waals surface area contributed by atoms with E-state index >= 15 is 0 Å². The molecular formula is C14H23N3OS. The van der Waals surface area contributed by atoms with Crippen molar-refractivity contribution in [1.29, 1.82) is 0 Å². The van der Waals surface area contributed by atoms with Gasteiger partial charge in [0.05, 0.1) is 0 Å². The minimum Gasteiger partial charge on any atom is -0.363 e. The van der Waals surface area contributed by atoms with E-state index in [1.165, 1.54) is 37.9 Å². The van der Waals surface area contributed by atoms with Crippen LogP contribution in [0, 0.1) is 5.41 Å². The van der Waals surface area contributed by atoms with Crippen molar-refractivity contribution < 1.29 is 4.79 Å². The van der Waals surface area contributed by atoms with Gasteiger partial charge in [0, 0.05) is 31.3 Å². The standard InChI is InChI=1S/C14H23N3OS/c18-12-5-4-11(17-12)8-15-13-16-9-14(10-19-13)6-2-1-3-7-14/h11H,1-10H2,(H,15,16)(H,17,18). The Hall–Kier alpha value is -0.710. The van der Waals surface area contributed by atoms with E-state index < -0.39 is 0 Å². The van der Waals surface area contributed by atoms with Gasteiger partial charge in [-0.3, -0.25) is 9.79 Å². The number of amides is 1. The predicted octanol–water partition coefficient (Wildman–Crippen LogP) is 1.91. The Kier molecular flexibility index (Phi) is 4.01. The third-order valence-corrected chi connectivity index (χ3v) is 5.88. The molecule has 0 aromatic carbocycles. The molecular weight excluding hydrogens is 258 g/mol. The van der Waals surface area contributed by atoms with E-state index in [1.54, 1.807) is 0 Å². The van der Waals surface area contributed by atoms with Crippen molar-refractivity contribution in [3.63, 3.8) is 0 Å². The fraction of sp³-hybridized carbons (Fsp3) is 0.857. The molecule has 3 rings (SSSR count). The average molecular weight is 281 g/mol. The molecule has 2 heterocycles. The Morgan fingerprint density at radius 1 is 1.37 bits per heavy atom. The molecule has 106 valence electrons. The van der Waals surface area contributed by atoms with Gasteiger partial charge in [0.25, 0.3) is 0 Å². The topological polar surface area (TPSA) is 53.5 Å². The monoisotopic (exact) mass is 281 g/mol. The fourth-order valence-electron chi connectivity index (χ4n) is 3.30. The lowest BCUT2D eigenvalue weighted by molar-refractivity contribution is -0.119. The Morgan fingerprint density at radius 2 is 2.21 bits per heavy atom. The van der Waals surface area contributed by atoms with Crippen LogP contribution in [0.25, 0.3) is 0 Å². The first kappa shape index (κ1) is 13.3. The lowest BCUT2D eigenvalue weighted by Crippen LogP contribution is -2.41. The molecule has 2 fully saturated rings. The Bertz CT molecular complexity index is 377. The van der Waals surface area contributed by atoms with Gasteiger partial charge >= 0.3 is 0 Å². The van der Waals surface area contributed by atoms with Crippen LogP contribution in [0.2, 0.25) is 0 Å². The van der Waals surface area contributed by atoms with E-state index in [0.717, 1.165) is 24.7 Å². The zero-order valence-electron chi connectivity index (χ0n) is 11.4. The van der Waals surface area contributed by atoms with Gasteiger partial charge in [-0.1, -0.05) is 31.0 Å². The second kappa shape index (κ2) is 5.73. The number of rotatable bonds is 2. The number of nitrogens with zero attached hydrogens (tertiary/aromatic N) is 1. The predicted molar refractivity (Wildman–Crippen MR) is 79.4 cm³/mol. The zero-order chi connectivity index (χ0) is 13.1. The molecule has 1 unspecified atom stereocenters. The lowest BCUT2D eigenvalue weighted by atomic mass is 9.75. The molecule has 1 atom stereocenters. The van der Waals surface area contributed by atoms with Crippen molar-refractivity contribution >= 4 is 22.8 Å². The van der Waals surface area contributed by atoms with E-state index in [4.69, 9.17) is 4.99 Å². The molecule has 5 heteroatoms. The van der Waals surface area contributed by atoms with E-state index in [-0.39, 0.29) is 5.91 Å². The van der Waals surface area contributed by atoms with Gasteiger partial charge in [0.2, 0.25) is 5.91 Å². The van der Waals surface area contributed by atoms with Gasteiger partial charge in [-0.15, -0.1) is 0 Å². The van der Waals surface area contributed by atoms with Crippen LogP contribution in [-0.2, 0) is 4.79 Å². The zero-order valence-corrected chi connectivity index (χ0v) is 12.2. The van der Waals surface area contributed by atoms with E-state index in [0.29, 0.717) is 17.9 Å². The highest BCUT2D eigenvalue weighted by Crippen LogP contribution is 2.41. The van der Waals surface area contributed by atoms with Crippen LogP contribution in [0.5, 0.6) is 0 Å². The second-order valence-electron chi connectivity index (χ2n) is 6.15. The van der Waals surface area contributed by atoms with Gasteiger partial charge in [-0.2, -0.15) is 0 Å². The van der Waals surface area contributed by atoms with E-state index in [9.17, 15) is 4.79 Å².